The summed E-state index contributed by atoms with van der Waals surface area (Å²) >= 11 is 3.58. The van der Waals surface area contributed by atoms with Crippen molar-refractivity contribution in [3.8, 4) is 0 Å². The van der Waals surface area contributed by atoms with Gasteiger partial charge in [0.15, 0.2) is 0 Å². The molecule has 0 saturated heterocycles. The number of ether oxygens (including phenoxy) is 1. The molecule has 6 nitrogen and oxygen atoms in total. The first kappa shape index (κ1) is 15.1. The van der Waals surface area contributed by atoms with Crippen LogP contribution >= 0.6 is 15.9 Å². The van der Waals surface area contributed by atoms with E-state index in [1.165, 1.54) is 0 Å². The second-order valence-corrected chi connectivity index (χ2v) is 5.11. The fourth-order valence-electron chi connectivity index (χ4n) is 2.06. The molecule has 0 aliphatic rings. The van der Waals surface area contributed by atoms with Crippen LogP contribution in [0, 0.1) is 0 Å². The van der Waals surface area contributed by atoms with E-state index in [1.54, 1.807) is 19.5 Å². The summed E-state index contributed by atoms with van der Waals surface area (Å²) in [4.78, 5) is 0. The highest BCUT2D eigenvalue weighted by Crippen LogP contribution is 2.28. The smallest absolute Gasteiger partial charge is 0.0775 e. The fourth-order valence-corrected chi connectivity index (χ4v) is 2.59. The molecule has 0 aromatic carbocycles. The lowest BCUT2D eigenvalue weighted by atomic mass is 10.1. The van der Waals surface area contributed by atoms with Gasteiger partial charge in [0.25, 0.3) is 0 Å². The molecule has 2 heterocycles. The molecule has 108 valence electrons. The Bertz CT molecular complexity index is 531. The van der Waals surface area contributed by atoms with Crippen LogP contribution in [-0.2, 0) is 11.3 Å². The van der Waals surface area contributed by atoms with Crippen LogP contribution in [0.3, 0.4) is 0 Å². The highest BCUT2D eigenvalue weighted by molar-refractivity contribution is 9.10. The van der Waals surface area contributed by atoms with Crippen molar-refractivity contribution in [3.63, 3.8) is 0 Å². The molecule has 2 aromatic heterocycles. The summed E-state index contributed by atoms with van der Waals surface area (Å²) in [5, 5.41) is 15.6. The van der Waals surface area contributed by atoms with Gasteiger partial charge in [-0.25, -0.2) is 0 Å². The predicted octanol–water partition coefficient (Wildman–Crippen LogP) is 1.78. The zero-order chi connectivity index (χ0) is 14.4. The fraction of sp³-hybridized carbons (Fsp3) is 0.462. The Balaban J connectivity index is 2.36. The lowest BCUT2D eigenvalue weighted by Crippen LogP contribution is -2.26. The molecule has 2 rings (SSSR count). The quantitative estimate of drug-likeness (QED) is 0.832. The Hall–Kier alpha value is -1.31. The van der Waals surface area contributed by atoms with Crippen molar-refractivity contribution in [2.75, 3.05) is 20.3 Å². The third-order valence-corrected chi connectivity index (χ3v) is 3.57. The number of halogens is 1. The molecule has 2 aromatic rings. The van der Waals surface area contributed by atoms with Crippen LogP contribution in [-0.4, -0.2) is 40.2 Å². The first-order valence-corrected chi connectivity index (χ1v) is 7.27. The van der Waals surface area contributed by atoms with Gasteiger partial charge in [-0.05, 0) is 34.1 Å². The van der Waals surface area contributed by atoms with Gasteiger partial charge in [-0.3, -0.25) is 4.68 Å². The lowest BCUT2D eigenvalue weighted by Gasteiger charge is -2.20. The second-order valence-electron chi connectivity index (χ2n) is 4.26. The molecule has 0 saturated carbocycles. The first-order chi connectivity index (χ1) is 9.77. The Labute approximate surface area is 126 Å². The highest BCUT2D eigenvalue weighted by atomic mass is 79.9. The summed E-state index contributed by atoms with van der Waals surface area (Å²) in [5.74, 6) is 0. The standard InChI is InChI=1S/C13H18BrN5O/c1-3-15-12(10-4-5-16-17-8-10)13-11(14)9-18-19(13)6-7-20-2/h4-5,8-9,12,15H,3,6-7H2,1-2H3. The summed E-state index contributed by atoms with van der Waals surface area (Å²) < 4.78 is 8.05. The van der Waals surface area contributed by atoms with E-state index in [1.807, 2.05) is 16.9 Å². The molecule has 0 spiro atoms. The molecule has 1 unspecified atom stereocenters. The van der Waals surface area contributed by atoms with Gasteiger partial charge in [0.05, 0.1) is 41.8 Å². The van der Waals surface area contributed by atoms with Crippen LogP contribution in [0.15, 0.2) is 29.1 Å². The summed E-state index contributed by atoms with van der Waals surface area (Å²) in [6.07, 6.45) is 5.28. The molecule has 0 aliphatic carbocycles. The number of methoxy groups -OCH3 is 1. The largest absolute Gasteiger partial charge is 0.383 e. The maximum Gasteiger partial charge on any atom is 0.0775 e. The van der Waals surface area contributed by atoms with Crippen LogP contribution in [0.1, 0.15) is 24.2 Å². The average molecular weight is 340 g/mol. The van der Waals surface area contributed by atoms with Crippen LogP contribution < -0.4 is 5.32 Å². The SMILES string of the molecule is CCNC(c1ccnnc1)c1c(Br)cnn1CCOC. The predicted molar refractivity (Wildman–Crippen MR) is 79.4 cm³/mol. The van der Waals surface area contributed by atoms with Crippen molar-refractivity contribution in [2.24, 2.45) is 0 Å². The monoisotopic (exact) mass is 339 g/mol. The number of nitrogens with zero attached hydrogens (tertiary/aromatic N) is 4. The van der Waals surface area contributed by atoms with Crippen molar-refractivity contribution >= 4 is 15.9 Å². The maximum atomic E-state index is 5.14. The molecular weight excluding hydrogens is 322 g/mol. The normalized spacial score (nSPS) is 12.6. The third kappa shape index (κ3) is 3.41. The van der Waals surface area contributed by atoms with Gasteiger partial charge in [-0.15, -0.1) is 0 Å². The lowest BCUT2D eigenvalue weighted by molar-refractivity contribution is 0.182. The number of hydrogen-bond acceptors (Lipinski definition) is 5. The van der Waals surface area contributed by atoms with Gasteiger partial charge in [0.2, 0.25) is 0 Å². The van der Waals surface area contributed by atoms with E-state index in [4.69, 9.17) is 4.74 Å². The minimum atomic E-state index is 0.0178. The molecule has 1 atom stereocenters. The molecular formula is C13H18BrN5O. The number of nitrogens with one attached hydrogen (secondary N) is 1. The molecule has 0 bridgehead atoms. The summed E-state index contributed by atoms with van der Waals surface area (Å²) in [6.45, 7) is 4.24. The van der Waals surface area contributed by atoms with Crippen molar-refractivity contribution in [2.45, 2.75) is 19.5 Å². The number of aromatic nitrogens is 4. The average Bonchev–Trinajstić information content (AvgIpc) is 2.84. The molecule has 0 amide bonds. The second kappa shape index (κ2) is 7.47. The molecule has 7 heteroatoms. The summed E-state index contributed by atoms with van der Waals surface area (Å²) in [7, 11) is 1.69. The van der Waals surface area contributed by atoms with E-state index in [2.05, 4.69) is 43.5 Å². The van der Waals surface area contributed by atoms with Gasteiger partial charge >= 0.3 is 0 Å². The van der Waals surface area contributed by atoms with Crippen molar-refractivity contribution in [3.05, 3.63) is 40.4 Å². The molecule has 0 fully saturated rings. The highest BCUT2D eigenvalue weighted by Gasteiger charge is 2.21. The van der Waals surface area contributed by atoms with E-state index in [0.717, 1.165) is 22.3 Å². The molecule has 0 aliphatic heterocycles. The minimum absolute atomic E-state index is 0.0178. The molecule has 0 radical (unpaired) electrons. The van der Waals surface area contributed by atoms with Crippen LogP contribution in [0.4, 0.5) is 0 Å². The first-order valence-electron chi connectivity index (χ1n) is 6.48. The zero-order valence-corrected chi connectivity index (χ0v) is 13.2. The zero-order valence-electron chi connectivity index (χ0n) is 11.6. The Kier molecular flexibility index (Phi) is 5.63. The Morgan fingerprint density at radius 3 is 2.90 bits per heavy atom. The van der Waals surface area contributed by atoms with Crippen LogP contribution in [0.25, 0.3) is 0 Å². The molecule has 1 N–H and O–H groups in total. The van der Waals surface area contributed by atoms with Crippen LogP contribution in [0.5, 0.6) is 0 Å². The summed E-state index contributed by atoms with van der Waals surface area (Å²) in [5.41, 5.74) is 2.12. The number of rotatable bonds is 7. The van der Waals surface area contributed by atoms with Gasteiger partial charge in [0, 0.05) is 13.3 Å². The third-order valence-electron chi connectivity index (χ3n) is 2.96. The topological polar surface area (TPSA) is 64.9 Å². The van der Waals surface area contributed by atoms with Gasteiger partial charge in [0.1, 0.15) is 0 Å². The van der Waals surface area contributed by atoms with Gasteiger partial charge in [-0.2, -0.15) is 15.3 Å². The van der Waals surface area contributed by atoms with E-state index >= 15 is 0 Å². The van der Waals surface area contributed by atoms with Crippen molar-refractivity contribution in [1.29, 1.82) is 0 Å². The Morgan fingerprint density at radius 2 is 2.25 bits per heavy atom. The van der Waals surface area contributed by atoms with Gasteiger partial charge in [-0.1, -0.05) is 6.92 Å². The number of hydrogen-bond donors (Lipinski definition) is 1. The van der Waals surface area contributed by atoms with E-state index in [9.17, 15) is 0 Å². The summed E-state index contributed by atoms with van der Waals surface area (Å²) in [6, 6.07) is 1.98. The van der Waals surface area contributed by atoms with Gasteiger partial charge < -0.3 is 10.1 Å². The Morgan fingerprint density at radius 1 is 1.40 bits per heavy atom. The molecule has 20 heavy (non-hydrogen) atoms. The van der Waals surface area contributed by atoms with Crippen molar-refractivity contribution < 1.29 is 4.74 Å². The van der Waals surface area contributed by atoms with E-state index < -0.39 is 0 Å². The van der Waals surface area contributed by atoms with E-state index in [-0.39, 0.29) is 6.04 Å². The minimum Gasteiger partial charge on any atom is -0.383 e. The van der Waals surface area contributed by atoms with E-state index in [0.29, 0.717) is 13.2 Å². The van der Waals surface area contributed by atoms with Crippen molar-refractivity contribution in [1.82, 2.24) is 25.3 Å². The van der Waals surface area contributed by atoms with Crippen LogP contribution in [0.2, 0.25) is 0 Å². The maximum absolute atomic E-state index is 5.14.